The van der Waals surface area contributed by atoms with Gasteiger partial charge in [0.05, 0.1) is 35.5 Å². The topological polar surface area (TPSA) is 67.4 Å². The molecule has 0 radical (unpaired) electrons. The fourth-order valence-electron chi connectivity index (χ4n) is 2.89. The van der Waals surface area contributed by atoms with Crippen molar-refractivity contribution < 1.29 is 9.53 Å². The predicted molar refractivity (Wildman–Crippen MR) is 94.7 cm³/mol. The molecular formula is C17H22N4O2S. The smallest absolute Gasteiger partial charge is 0.255 e. The number of hydrogen-bond donors (Lipinski definition) is 1. The monoisotopic (exact) mass is 346 g/mol. The van der Waals surface area contributed by atoms with Crippen molar-refractivity contribution in [3.05, 3.63) is 39.5 Å². The molecule has 6 nitrogen and oxygen atoms in total. The molecule has 1 N–H and O–H groups in total. The molecule has 0 spiro atoms. The van der Waals surface area contributed by atoms with Crippen molar-refractivity contribution in [3.8, 4) is 0 Å². The van der Waals surface area contributed by atoms with Crippen LogP contribution >= 0.6 is 11.3 Å². The summed E-state index contributed by atoms with van der Waals surface area (Å²) in [5, 5.41) is 4.09. The summed E-state index contributed by atoms with van der Waals surface area (Å²) in [5.41, 5.74) is 1.58. The summed E-state index contributed by atoms with van der Waals surface area (Å²) in [6.45, 7) is 8.77. The van der Waals surface area contributed by atoms with Gasteiger partial charge in [0.15, 0.2) is 0 Å². The summed E-state index contributed by atoms with van der Waals surface area (Å²) in [6.07, 6.45) is 1.72. The van der Waals surface area contributed by atoms with Crippen LogP contribution in [0.4, 0.5) is 5.82 Å². The fraction of sp³-hybridized carbons (Fsp3) is 0.471. The molecule has 2 aromatic rings. The lowest BCUT2D eigenvalue weighted by atomic mass is 10.2. The van der Waals surface area contributed by atoms with Crippen molar-refractivity contribution in [3.63, 3.8) is 0 Å². The molecular weight excluding hydrogens is 324 g/mol. The second kappa shape index (κ2) is 7.27. The van der Waals surface area contributed by atoms with E-state index < -0.39 is 0 Å². The third kappa shape index (κ3) is 3.57. The molecule has 0 bridgehead atoms. The van der Waals surface area contributed by atoms with Crippen molar-refractivity contribution in [2.75, 3.05) is 31.2 Å². The highest BCUT2D eigenvalue weighted by Crippen LogP contribution is 2.25. The predicted octanol–water partition coefficient (Wildman–Crippen LogP) is 2.48. The average molecular weight is 346 g/mol. The molecule has 2 aromatic heterocycles. The van der Waals surface area contributed by atoms with Crippen LogP contribution in [-0.4, -0.2) is 42.2 Å². The van der Waals surface area contributed by atoms with Crippen molar-refractivity contribution in [2.24, 2.45) is 0 Å². The number of carbonyl (C=O) groups is 1. The zero-order valence-corrected chi connectivity index (χ0v) is 15.0. The maximum Gasteiger partial charge on any atom is 0.255 e. The molecule has 128 valence electrons. The summed E-state index contributed by atoms with van der Waals surface area (Å²) >= 11 is 1.62. The first-order valence-electron chi connectivity index (χ1n) is 8.08. The Kier molecular flexibility index (Phi) is 5.11. The van der Waals surface area contributed by atoms with Gasteiger partial charge in [-0.05, 0) is 32.9 Å². The summed E-state index contributed by atoms with van der Waals surface area (Å²) in [4.78, 5) is 24.8. The maximum absolute atomic E-state index is 12.8. The molecule has 1 aliphatic heterocycles. The van der Waals surface area contributed by atoms with E-state index in [1.54, 1.807) is 23.6 Å². The van der Waals surface area contributed by atoms with E-state index in [1.807, 2.05) is 26.8 Å². The zero-order chi connectivity index (χ0) is 17.1. The lowest BCUT2D eigenvalue weighted by molar-refractivity contribution is 0.0938. The molecule has 0 unspecified atom stereocenters. The van der Waals surface area contributed by atoms with Crippen LogP contribution in [-0.2, 0) is 4.74 Å². The van der Waals surface area contributed by atoms with E-state index in [-0.39, 0.29) is 11.9 Å². The van der Waals surface area contributed by atoms with Gasteiger partial charge in [-0.25, -0.2) is 9.97 Å². The molecule has 7 heteroatoms. The van der Waals surface area contributed by atoms with Gasteiger partial charge in [-0.15, -0.1) is 11.3 Å². The van der Waals surface area contributed by atoms with Gasteiger partial charge in [0.25, 0.3) is 5.91 Å². The van der Waals surface area contributed by atoms with Crippen molar-refractivity contribution in [2.45, 2.75) is 26.8 Å². The number of amides is 1. The average Bonchev–Trinajstić information content (AvgIpc) is 2.94. The third-order valence-electron chi connectivity index (χ3n) is 4.02. The highest BCUT2D eigenvalue weighted by Gasteiger charge is 2.22. The number of nitrogens with zero attached hydrogens (tertiary/aromatic N) is 3. The number of ether oxygens (including phenoxy) is 1. The number of carbonyl (C=O) groups excluding carboxylic acids is 1. The van der Waals surface area contributed by atoms with Gasteiger partial charge >= 0.3 is 0 Å². The van der Waals surface area contributed by atoms with Gasteiger partial charge in [-0.2, -0.15) is 0 Å². The first-order chi connectivity index (χ1) is 11.6. The van der Waals surface area contributed by atoms with E-state index in [0.717, 1.165) is 34.5 Å². The van der Waals surface area contributed by atoms with E-state index in [1.165, 1.54) is 0 Å². The van der Waals surface area contributed by atoms with E-state index in [9.17, 15) is 4.79 Å². The van der Waals surface area contributed by atoms with Gasteiger partial charge in [-0.1, -0.05) is 0 Å². The number of morpholine rings is 1. The van der Waals surface area contributed by atoms with Crippen molar-refractivity contribution >= 4 is 23.1 Å². The standard InChI is InChI=1S/C17H22N4O2S/c1-11-15(24-13(3)19-11)12(2)20-17(22)14-5-4-6-18-16(14)21-7-9-23-10-8-21/h4-6,12H,7-10H2,1-3H3,(H,20,22)/t12-/m1/s1. The van der Waals surface area contributed by atoms with Crippen LogP contribution in [0.1, 0.15) is 38.9 Å². The zero-order valence-electron chi connectivity index (χ0n) is 14.2. The molecule has 1 fully saturated rings. The summed E-state index contributed by atoms with van der Waals surface area (Å²) in [6, 6.07) is 3.54. The first-order valence-corrected chi connectivity index (χ1v) is 8.90. The normalized spacial score (nSPS) is 16.0. The summed E-state index contributed by atoms with van der Waals surface area (Å²) in [7, 11) is 0. The lowest BCUT2D eigenvalue weighted by Crippen LogP contribution is -2.38. The number of aromatic nitrogens is 2. The Balaban J connectivity index is 1.78. The maximum atomic E-state index is 12.8. The second-order valence-corrected chi connectivity index (χ2v) is 7.09. The molecule has 1 saturated heterocycles. The molecule has 1 amide bonds. The van der Waals surface area contributed by atoms with Crippen LogP contribution in [0.5, 0.6) is 0 Å². The Morgan fingerprint density at radius 1 is 1.38 bits per heavy atom. The number of rotatable bonds is 4. The van der Waals surface area contributed by atoms with Crippen molar-refractivity contribution in [1.29, 1.82) is 0 Å². The molecule has 1 aliphatic rings. The number of thiazole rings is 1. The Bertz CT molecular complexity index is 725. The third-order valence-corrected chi connectivity index (χ3v) is 5.28. The molecule has 0 aliphatic carbocycles. The Morgan fingerprint density at radius 3 is 2.79 bits per heavy atom. The summed E-state index contributed by atoms with van der Waals surface area (Å²) in [5.74, 6) is 0.616. The highest BCUT2D eigenvalue weighted by molar-refractivity contribution is 7.11. The molecule has 1 atom stereocenters. The first kappa shape index (κ1) is 16.9. The second-order valence-electron chi connectivity index (χ2n) is 5.85. The molecule has 3 heterocycles. The minimum Gasteiger partial charge on any atom is -0.378 e. The van der Waals surface area contributed by atoms with Crippen LogP contribution in [0.15, 0.2) is 18.3 Å². The van der Waals surface area contributed by atoms with Gasteiger partial charge in [0.2, 0.25) is 0 Å². The Morgan fingerprint density at radius 2 is 2.12 bits per heavy atom. The Hall–Kier alpha value is -1.99. The minimum absolute atomic E-state index is 0.0820. The minimum atomic E-state index is -0.109. The van der Waals surface area contributed by atoms with Crippen LogP contribution in [0.3, 0.4) is 0 Å². The summed E-state index contributed by atoms with van der Waals surface area (Å²) < 4.78 is 5.38. The number of anilines is 1. The largest absolute Gasteiger partial charge is 0.378 e. The van der Waals surface area contributed by atoms with Gasteiger partial charge in [0, 0.05) is 24.2 Å². The lowest BCUT2D eigenvalue weighted by Gasteiger charge is -2.29. The van der Waals surface area contributed by atoms with E-state index in [4.69, 9.17) is 4.74 Å². The number of pyridine rings is 1. The van der Waals surface area contributed by atoms with Crippen LogP contribution < -0.4 is 10.2 Å². The van der Waals surface area contributed by atoms with Gasteiger partial charge in [0.1, 0.15) is 5.82 Å². The van der Waals surface area contributed by atoms with Crippen molar-refractivity contribution in [1.82, 2.24) is 15.3 Å². The number of hydrogen-bond acceptors (Lipinski definition) is 6. The quantitative estimate of drug-likeness (QED) is 0.921. The Labute approximate surface area is 145 Å². The van der Waals surface area contributed by atoms with Gasteiger partial charge < -0.3 is 15.0 Å². The number of aryl methyl sites for hydroxylation is 2. The molecule has 24 heavy (non-hydrogen) atoms. The molecule has 0 aromatic carbocycles. The highest BCUT2D eigenvalue weighted by atomic mass is 32.1. The fourth-order valence-corrected chi connectivity index (χ4v) is 3.82. The van der Waals surface area contributed by atoms with Crippen LogP contribution in [0.2, 0.25) is 0 Å². The van der Waals surface area contributed by atoms with Crippen LogP contribution in [0, 0.1) is 13.8 Å². The van der Waals surface area contributed by atoms with E-state index in [0.29, 0.717) is 18.8 Å². The molecule has 3 rings (SSSR count). The SMILES string of the molecule is Cc1nc(C)c([C@@H](C)NC(=O)c2cccnc2N2CCOCC2)s1. The van der Waals surface area contributed by atoms with E-state index >= 15 is 0 Å². The van der Waals surface area contributed by atoms with E-state index in [2.05, 4.69) is 20.2 Å². The number of nitrogens with one attached hydrogen (secondary N) is 1. The van der Waals surface area contributed by atoms with Gasteiger partial charge in [-0.3, -0.25) is 4.79 Å². The van der Waals surface area contributed by atoms with Crippen LogP contribution in [0.25, 0.3) is 0 Å². The molecule has 0 saturated carbocycles.